The van der Waals surface area contributed by atoms with Crippen molar-refractivity contribution in [2.24, 2.45) is 5.92 Å². The van der Waals surface area contributed by atoms with Crippen LogP contribution >= 0.6 is 0 Å². The molecule has 8 nitrogen and oxygen atoms in total. The van der Waals surface area contributed by atoms with E-state index < -0.39 is 0 Å². The summed E-state index contributed by atoms with van der Waals surface area (Å²) in [5.41, 5.74) is 2.23. The summed E-state index contributed by atoms with van der Waals surface area (Å²) in [4.78, 5) is 12.5. The van der Waals surface area contributed by atoms with E-state index in [2.05, 4.69) is 0 Å². The van der Waals surface area contributed by atoms with Crippen molar-refractivity contribution in [3.8, 4) is 34.5 Å². The zero-order valence-corrected chi connectivity index (χ0v) is 19.1. The van der Waals surface area contributed by atoms with Crippen LogP contribution in [0.3, 0.4) is 0 Å². The minimum atomic E-state index is -0.351. The van der Waals surface area contributed by atoms with Crippen LogP contribution in [0.25, 0.3) is 6.08 Å². The third-order valence-corrected chi connectivity index (χ3v) is 5.31. The first kappa shape index (κ1) is 23.1. The summed E-state index contributed by atoms with van der Waals surface area (Å²) in [5, 5.41) is 0. The molecule has 0 amide bonds. The van der Waals surface area contributed by atoms with Crippen molar-refractivity contribution in [1.29, 1.82) is 0 Å². The number of hydrogen-bond donors (Lipinski definition) is 0. The lowest BCUT2D eigenvalue weighted by atomic mass is 9.92. The van der Waals surface area contributed by atoms with Gasteiger partial charge in [0.05, 0.1) is 49.3 Å². The third-order valence-electron chi connectivity index (χ3n) is 5.31. The number of rotatable bonds is 9. The first-order valence-corrected chi connectivity index (χ1v) is 9.97. The molecule has 1 aliphatic rings. The fraction of sp³-hybridized carbons (Fsp3) is 0.375. The lowest BCUT2D eigenvalue weighted by Gasteiger charge is -2.16. The highest BCUT2D eigenvalue weighted by molar-refractivity contribution is 5.96. The van der Waals surface area contributed by atoms with Crippen LogP contribution in [-0.4, -0.2) is 55.2 Å². The van der Waals surface area contributed by atoms with E-state index in [1.54, 1.807) is 60.9 Å². The smallest absolute Gasteiger partial charge is 0.334 e. The van der Waals surface area contributed by atoms with Gasteiger partial charge in [-0.15, -0.1) is 0 Å². The van der Waals surface area contributed by atoms with Gasteiger partial charge < -0.3 is 33.2 Å². The van der Waals surface area contributed by atoms with Crippen molar-refractivity contribution in [3.05, 3.63) is 41.0 Å². The van der Waals surface area contributed by atoms with Crippen molar-refractivity contribution in [2.45, 2.75) is 6.42 Å². The highest BCUT2D eigenvalue weighted by atomic mass is 16.5. The normalized spacial score (nSPS) is 16.5. The molecule has 1 atom stereocenters. The minimum absolute atomic E-state index is 0.149. The van der Waals surface area contributed by atoms with Crippen molar-refractivity contribution < 1.29 is 38.0 Å². The molecular weight excluding hydrogens is 416 g/mol. The Morgan fingerprint density at radius 2 is 1.25 bits per heavy atom. The van der Waals surface area contributed by atoms with Crippen molar-refractivity contribution in [3.63, 3.8) is 0 Å². The summed E-state index contributed by atoms with van der Waals surface area (Å²) < 4.78 is 37.8. The summed E-state index contributed by atoms with van der Waals surface area (Å²) >= 11 is 0. The highest BCUT2D eigenvalue weighted by Crippen LogP contribution is 2.41. The fourth-order valence-electron chi connectivity index (χ4n) is 3.76. The predicted molar refractivity (Wildman–Crippen MR) is 118 cm³/mol. The van der Waals surface area contributed by atoms with Crippen LogP contribution in [0.15, 0.2) is 29.8 Å². The van der Waals surface area contributed by atoms with E-state index in [0.717, 1.165) is 11.1 Å². The van der Waals surface area contributed by atoms with Crippen molar-refractivity contribution in [1.82, 2.24) is 0 Å². The van der Waals surface area contributed by atoms with Gasteiger partial charge in [0.15, 0.2) is 23.0 Å². The second-order valence-corrected chi connectivity index (χ2v) is 7.09. The molecule has 0 radical (unpaired) electrons. The maximum absolute atomic E-state index is 12.5. The summed E-state index contributed by atoms with van der Waals surface area (Å²) in [6, 6.07) is 7.33. The summed E-state index contributed by atoms with van der Waals surface area (Å²) in [7, 11) is 9.33. The van der Waals surface area contributed by atoms with Gasteiger partial charge in [-0.1, -0.05) is 0 Å². The van der Waals surface area contributed by atoms with Crippen LogP contribution in [0.4, 0.5) is 0 Å². The molecule has 172 valence electrons. The lowest BCUT2D eigenvalue weighted by molar-refractivity contribution is -0.135. The number of esters is 1. The Hall–Kier alpha value is -3.55. The van der Waals surface area contributed by atoms with E-state index >= 15 is 0 Å². The molecule has 0 aliphatic carbocycles. The third kappa shape index (κ3) is 4.54. The van der Waals surface area contributed by atoms with Gasteiger partial charge in [-0.25, -0.2) is 4.79 Å². The zero-order valence-electron chi connectivity index (χ0n) is 19.1. The fourth-order valence-corrected chi connectivity index (χ4v) is 3.76. The van der Waals surface area contributed by atoms with E-state index in [4.69, 9.17) is 33.2 Å². The lowest BCUT2D eigenvalue weighted by Crippen LogP contribution is -2.08. The molecule has 1 heterocycles. The molecule has 32 heavy (non-hydrogen) atoms. The Kier molecular flexibility index (Phi) is 7.35. The molecule has 1 aliphatic heterocycles. The molecule has 1 fully saturated rings. The molecule has 3 rings (SSSR count). The molecule has 1 unspecified atom stereocenters. The largest absolute Gasteiger partial charge is 0.493 e. The number of cyclic esters (lactones) is 1. The maximum Gasteiger partial charge on any atom is 0.334 e. The van der Waals surface area contributed by atoms with Gasteiger partial charge in [0.2, 0.25) is 11.5 Å². The van der Waals surface area contributed by atoms with Crippen LogP contribution in [0, 0.1) is 5.92 Å². The minimum Gasteiger partial charge on any atom is -0.493 e. The van der Waals surface area contributed by atoms with Gasteiger partial charge in [-0.3, -0.25) is 0 Å². The molecule has 0 saturated carbocycles. The molecule has 0 spiro atoms. The molecule has 2 aromatic rings. The van der Waals surface area contributed by atoms with E-state index in [1.807, 2.05) is 12.1 Å². The molecular formula is C24H28O8. The van der Waals surface area contributed by atoms with Gasteiger partial charge in [-0.2, -0.15) is 0 Å². The van der Waals surface area contributed by atoms with Crippen molar-refractivity contribution in [2.75, 3.05) is 49.3 Å². The molecule has 0 aromatic heterocycles. The molecule has 8 heteroatoms. The maximum atomic E-state index is 12.5. The van der Waals surface area contributed by atoms with Crippen molar-refractivity contribution >= 4 is 12.0 Å². The number of ether oxygens (including phenoxy) is 7. The Morgan fingerprint density at radius 1 is 0.781 bits per heavy atom. The van der Waals surface area contributed by atoms with Crippen LogP contribution in [0.1, 0.15) is 11.1 Å². The summed E-state index contributed by atoms with van der Waals surface area (Å²) in [6.07, 6.45) is 2.35. The van der Waals surface area contributed by atoms with E-state index in [9.17, 15) is 4.79 Å². The molecule has 1 saturated heterocycles. The van der Waals surface area contributed by atoms with E-state index in [0.29, 0.717) is 46.5 Å². The number of carbonyl (C=O) groups is 1. The first-order chi connectivity index (χ1) is 15.5. The molecule has 2 aromatic carbocycles. The van der Waals surface area contributed by atoms with Gasteiger partial charge >= 0.3 is 5.97 Å². The number of carbonyl (C=O) groups excluding carboxylic acids is 1. The number of benzene rings is 2. The van der Waals surface area contributed by atoms with Gasteiger partial charge in [-0.05, 0) is 47.9 Å². The summed E-state index contributed by atoms with van der Waals surface area (Å²) in [6.45, 7) is 0.283. The Bertz CT molecular complexity index is 961. The highest BCUT2D eigenvalue weighted by Gasteiger charge is 2.31. The van der Waals surface area contributed by atoms with E-state index in [1.165, 1.54) is 0 Å². The quantitative estimate of drug-likeness (QED) is 0.429. The second kappa shape index (κ2) is 10.2. The Morgan fingerprint density at radius 3 is 1.69 bits per heavy atom. The monoisotopic (exact) mass is 444 g/mol. The van der Waals surface area contributed by atoms with Gasteiger partial charge in [0.1, 0.15) is 0 Å². The molecule has 0 N–H and O–H groups in total. The van der Waals surface area contributed by atoms with Crippen LogP contribution < -0.4 is 28.4 Å². The van der Waals surface area contributed by atoms with Crippen LogP contribution in [-0.2, 0) is 16.0 Å². The second-order valence-electron chi connectivity index (χ2n) is 7.09. The average Bonchev–Trinajstić information content (AvgIpc) is 3.16. The van der Waals surface area contributed by atoms with E-state index in [-0.39, 0.29) is 18.5 Å². The Balaban J connectivity index is 1.97. The summed E-state index contributed by atoms with van der Waals surface area (Å²) in [5.74, 6) is 2.63. The van der Waals surface area contributed by atoms with Crippen LogP contribution in [0.5, 0.6) is 34.5 Å². The SMILES string of the molecule is COc1cc(/C=C2/C(=O)OCC2Cc2cc(OC)c(OC)c(OC)c2)cc(OC)c1OC. The standard InChI is InChI=1S/C24H28O8/c1-26-18-9-14(10-19(27-2)22(18)30-5)7-16-13-32-24(25)17(16)8-15-11-20(28-3)23(31-6)21(12-15)29-4/h8-12,16H,7,13H2,1-6H3/b17-8+. The number of methoxy groups -OCH3 is 6. The van der Waals surface area contributed by atoms with Gasteiger partial charge in [0, 0.05) is 11.5 Å². The van der Waals surface area contributed by atoms with Gasteiger partial charge in [0.25, 0.3) is 0 Å². The zero-order chi connectivity index (χ0) is 23.3. The topological polar surface area (TPSA) is 81.7 Å². The first-order valence-electron chi connectivity index (χ1n) is 9.97. The number of hydrogen-bond acceptors (Lipinski definition) is 8. The van der Waals surface area contributed by atoms with Crippen LogP contribution in [0.2, 0.25) is 0 Å². The molecule has 0 bridgehead atoms. The Labute approximate surface area is 187 Å². The predicted octanol–water partition coefficient (Wildman–Crippen LogP) is 3.54. The average molecular weight is 444 g/mol.